The van der Waals surface area contributed by atoms with Crippen LogP contribution in [0.2, 0.25) is 0 Å². The number of hydrogen-bond acceptors (Lipinski definition) is 12. The number of esters is 1. The van der Waals surface area contributed by atoms with Gasteiger partial charge in [-0.1, -0.05) is 42.5 Å². The highest BCUT2D eigenvalue weighted by atomic mass is 32.2. The maximum Gasteiger partial charge on any atom is 0.418 e. The number of carbonyl (C=O) groups is 3. The lowest BCUT2D eigenvalue weighted by Crippen LogP contribution is -2.66. The summed E-state index contributed by atoms with van der Waals surface area (Å²) in [6.45, 7) is 2.02. The number of thioether (sulfide) groups is 1. The minimum absolute atomic E-state index is 0.00726. The zero-order chi connectivity index (χ0) is 38.1. The number of pyridine rings is 2. The molecule has 4 aromatic rings. The van der Waals surface area contributed by atoms with Crippen LogP contribution >= 0.6 is 24.0 Å². The second kappa shape index (κ2) is 15.7. The van der Waals surface area contributed by atoms with E-state index in [0.717, 1.165) is 21.4 Å². The smallest absolute Gasteiger partial charge is 0.418 e. The van der Waals surface area contributed by atoms with E-state index < -0.39 is 48.1 Å². The lowest BCUT2D eigenvalue weighted by Gasteiger charge is -2.51. The fourth-order valence-electron chi connectivity index (χ4n) is 6.78. The summed E-state index contributed by atoms with van der Waals surface area (Å²) in [5.74, 6) is -2.36. The summed E-state index contributed by atoms with van der Waals surface area (Å²) >= 11 is 7.11. The van der Waals surface area contributed by atoms with E-state index in [1.165, 1.54) is 31.9 Å². The first-order chi connectivity index (χ1) is 26.1. The van der Waals surface area contributed by atoms with Crippen LogP contribution < -0.4 is 20.0 Å². The Morgan fingerprint density at radius 1 is 1.15 bits per heavy atom. The van der Waals surface area contributed by atoms with Crippen molar-refractivity contribution in [1.29, 1.82) is 0 Å². The molecular formula is C37H36F2N6O7S2. The zero-order valence-corrected chi connectivity index (χ0v) is 31.1. The number of morpholine rings is 1. The lowest BCUT2D eigenvalue weighted by atomic mass is 9.93. The Morgan fingerprint density at radius 3 is 2.78 bits per heavy atom. The van der Waals surface area contributed by atoms with Crippen LogP contribution in [-0.2, 0) is 31.4 Å². The number of nitrogens with one attached hydrogen (secondary N) is 1. The van der Waals surface area contributed by atoms with E-state index in [1.54, 1.807) is 47.1 Å². The Balaban J connectivity index is 1.24. The van der Waals surface area contributed by atoms with Gasteiger partial charge in [0, 0.05) is 54.7 Å². The number of likely N-dealkylation sites (N-methyl/N-ethyl adjacent to an activating group) is 1. The van der Waals surface area contributed by atoms with Gasteiger partial charge in [-0.3, -0.25) is 24.2 Å². The van der Waals surface area contributed by atoms with E-state index in [2.05, 4.69) is 10.3 Å². The molecule has 1 fully saturated rings. The standard InChI is InChI=1S/C37H36F2N6O7S2/c1-21(52-37(48)42(3)35-22(7-6-13-41-35)18-50-30(46)17-40-2)51-34-27(53)12-14-44-33(34)36(47)43-15-16-49-19-29(43)45(44)32-23-10-11-26(38)31(39)25(23)20-54-28-9-5-4-8-24(28)32/h4-14,21,29,32,40H,15-20H2,1-3H3/t21?,29-,32+/m1/s1. The van der Waals surface area contributed by atoms with Crippen LogP contribution in [0.15, 0.2) is 71.9 Å². The number of carbonyl (C=O) groups excluding carboxylic acids is 3. The number of ether oxygens (including phenoxy) is 4. The molecule has 17 heteroatoms. The fraction of sp³-hybridized carbons (Fsp3) is 0.324. The topological polar surface area (TPSA) is 128 Å². The molecular weight excluding hydrogens is 743 g/mol. The number of halogens is 2. The molecule has 0 saturated carbocycles. The summed E-state index contributed by atoms with van der Waals surface area (Å²) in [5.41, 5.74) is 2.10. The van der Waals surface area contributed by atoms with Crippen LogP contribution in [0.1, 0.15) is 45.7 Å². The molecule has 3 atom stereocenters. The molecule has 1 N–H and O–H groups in total. The zero-order valence-electron chi connectivity index (χ0n) is 29.5. The maximum absolute atomic E-state index is 15.6. The molecule has 282 valence electrons. The number of fused-ring (bicyclic) bond motifs is 4. The summed E-state index contributed by atoms with van der Waals surface area (Å²) in [7, 11) is 3.07. The summed E-state index contributed by atoms with van der Waals surface area (Å²) < 4.78 is 55.1. The summed E-state index contributed by atoms with van der Waals surface area (Å²) in [6.07, 6.45) is 0.381. The van der Waals surface area contributed by atoms with Crippen molar-refractivity contribution in [2.45, 2.75) is 42.7 Å². The normalized spacial score (nSPS) is 18.0. The lowest BCUT2D eigenvalue weighted by molar-refractivity contribution is -0.143. The van der Waals surface area contributed by atoms with Gasteiger partial charge >= 0.3 is 12.1 Å². The monoisotopic (exact) mass is 778 g/mol. The molecule has 2 aromatic carbocycles. The number of benzene rings is 2. The van der Waals surface area contributed by atoms with Gasteiger partial charge in [0.05, 0.1) is 30.3 Å². The van der Waals surface area contributed by atoms with Crippen molar-refractivity contribution in [1.82, 2.24) is 19.9 Å². The third-order valence-corrected chi connectivity index (χ3v) is 10.7. The summed E-state index contributed by atoms with van der Waals surface area (Å²) in [5, 5.41) is 4.63. The Morgan fingerprint density at radius 2 is 1.96 bits per heavy atom. The van der Waals surface area contributed by atoms with Crippen molar-refractivity contribution >= 4 is 47.8 Å². The SMILES string of the molecule is CNCC(=O)OCc1cccnc1N(C)C(=O)OC(C)Oc1c2n(ccc1=S)N([C@@H]1c3ccccc3SCc3c1ccc(F)c3F)[C@@H]1COCCN1C2=O. The van der Waals surface area contributed by atoms with Crippen molar-refractivity contribution in [2.75, 3.05) is 50.3 Å². The highest BCUT2D eigenvalue weighted by molar-refractivity contribution is 7.98. The first-order valence-corrected chi connectivity index (χ1v) is 18.4. The molecule has 3 aliphatic rings. The van der Waals surface area contributed by atoms with Crippen LogP contribution in [0.25, 0.3) is 0 Å². The van der Waals surface area contributed by atoms with Gasteiger partial charge in [-0.05, 0) is 42.4 Å². The van der Waals surface area contributed by atoms with E-state index in [9.17, 15) is 18.8 Å². The number of nitrogens with zero attached hydrogens (tertiary/aromatic N) is 5. The molecule has 0 aliphatic carbocycles. The molecule has 3 aliphatic heterocycles. The second-order valence-corrected chi connectivity index (χ2v) is 14.1. The molecule has 2 aromatic heterocycles. The Bertz CT molecular complexity index is 2170. The highest BCUT2D eigenvalue weighted by Gasteiger charge is 2.46. The molecule has 5 heterocycles. The van der Waals surface area contributed by atoms with Gasteiger partial charge in [-0.2, -0.15) is 0 Å². The van der Waals surface area contributed by atoms with E-state index in [4.69, 9.17) is 31.2 Å². The first kappa shape index (κ1) is 37.2. The minimum Gasteiger partial charge on any atom is -0.460 e. The fourth-order valence-corrected chi connectivity index (χ4v) is 8.10. The Kier molecular flexibility index (Phi) is 10.8. The highest BCUT2D eigenvalue weighted by Crippen LogP contribution is 2.45. The molecule has 0 radical (unpaired) electrons. The van der Waals surface area contributed by atoms with Crippen molar-refractivity contribution in [3.05, 3.63) is 111 Å². The van der Waals surface area contributed by atoms with Crippen molar-refractivity contribution < 1.29 is 42.1 Å². The second-order valence-electron chi connectivity index (χ2n) is 12.6. The van der Waals surface area contributed by atoms with Gasteiger partial charge in [0.1, 0.15) is 18.6 Å². The Hall–Kier alpha value is -5.10. The van der Waals surface area contributed by atoms with Crippen LogP contribution in [0.5, 0.6) is 5.75 Å². The molecule has 7 rings (SSSR count). The number of aromatic nitrogens is 2. The minimum atomic E-state index is -1.26. The van der Waals surface area contributed by atoms with E-state index >= 15 is 4.39 Å². The van der Waals surface area contributed by atoms with Crippen LogP contribution in [0.3, 0.4) is 0 Å². The Labute approximate surface area is 318 Å². The quantitative estimate of drug-likeness (QED) is 0.135. The van der Waals surface area contributed by atoms with E-state index in [1.807, 2.05) is 29.3 Å². The van der Waals surface area contributed by atoms with Crippen molar-refractivity contribution in [3.63, 3.8) is 0 Å². The number of anilines is 1. The van der Waals surface area contributed by atoms with Gasteiger partial charge in [-0.15, -0.1) is 11.8 Å². The van der Waals surface area contributed by atoms with Crippen LogP contribution in [0.4, 0.5) is 19.4 Å². The third kappa shape index (κ3) is 6.99. The molecule has 0 bridgehead atoms. The predicted molar refractivity (Wildman–Crippen MR) is 196 cm³/mol. The predicted octanol–water partition coefficient (Wildman–Crippen LogP) is 5.30. The average Bonchev–Trinajstić information content (AvgIpc) is 3.34. The molecule has 1 unspecified atom stereocenters. The number of amides is 2. The van der Waals surface area contributed by atoms with Gasteiger partial charge in [0.2, 0.25) is 6.29 Å². The number of rotatable bonds is 9. The summed E-state index contributed by atoms with van der Waals surface area (Å²) in [6, 6.07) is 14.5. The summed E-state index contributed by atoms with van der Waals surface area (Å²) in [4.78, 5) is 47.7. The van der Waals surface area contributed by atoms with Crippen molar-refractivity contribution in [2.24, 2.45) is 0 Å². The van der Waals surface area contributed by atoms with Gasteiger partial charge in [0.15, 0.2) is 23.1 Å². The largest absolute Gasteiger partial charge is 0.460 e. The molecule has 2 amide bonds. The van der Waals surface area contributed by atoms with E-state index in [-0.39, 0.29) is 66.0 Å². The molecule has 1 saturated heterocycles. The van der Waals surface area contributed by atoms with Crippen molar-refractivity contribution in [3.8, 4) is 5.75 Å². The first-order valence-electron chi connectivity index (χ1n) is 17.1. The third-order valence-electron chi connectivity index (χ3n) is 9.25. The average molecular weight is 779 g/mol. The van der Waals surface area contributed by atoms with Gasteiger partial charge < -0.3 is 29.2 Å². The molecule has 0 spiro atoms. The van der Waals surface area contributed by atoms with Gasteiger partial charge in [0.25, 0.3) is 5.91 Å². The van der Waals surface area contributed by atoms with Gasteiger partial charge in [-0.25, -0.2) is 18.6 Å². The number of hydrogen-bond donors (Lipinski definition) is 1. The molecule has 13 nitrogen and oxygen atoms in total. The van der Waals surface area contributed by atoms with Crippen LogP contribution in [-0.4, -0.2) is 85.4 Å². The molecule has 54 heavy (non-hydrogen) atoms. The van der Waals surface area contributed by atoms with E-state index in [0.29, 0.717) is 11.1 Å². The van der Waals surface area contributed by atoms with Crippen LogP contribution in [0, 0.1) is 16.1 Å². The maximum atomic E-state index is 15.6.